The van der Waals surface area contributed by atoms with Crippen LogP contribution in [0.15, 0.2) is 12.1 Å². The van der Waals surface area contributed by atoms with E-state index in [2.05, 4.69) is 0 Å². The van der Waals surface area contributed by atoms with E-state index in [9.17, 15) is 4.79 Å². The fourth-order valence-electron chi connectivity index (χ4n) is 1.66. The lowest BCUT2D eigenvalue weighted by molar-refractivity contribution is 0.0535. The zero-order chi connectivity index (χ0) is 9.71. The fourth-order valence-corrected chi connectivity index (χ4v) is 2.00. The fraction of sp³-hybridized carbons (Fsp3) is 0.300. The van der Waals surface area contributed by atoms with Crippen LogP contribution < -0.4 is 0 Å². The third kappa shape index (κ3) is 1.06. The van der Waals surface area contributed by atoms with Gasteiger partial charge in [-0.15, -0.1) is 0 Å². The predicted molar refractivity (Wildman–Crippen MR) is 49.3 cm³/mol. The van der Waals surface area contributed by atoms with Crippen LogP contribution in [0.25, 0.3) is 0 Å². The van der Waals surface area contributed by atoms with Gasteiger partial charge in [0.1, 0.15) is 12.7 Å². The van der Waals surface area contributed by atoms with Crippen LogP contribution in [-0.4, -0.2) is 12.6 Å². The third-order valence-corrected chi connectivity index (χ3v) is 2.97. The first-order valence-corrected chi connectivity index (χ1v) is 4.75. The molecule has 3 rings (SSSR count). The van der Waals surface area contributed by atoms with Gasteiger partial charge in [-0.1, -0.05) is 17.7 Å². The average Bonchev–Trinajstić information content (AvgIpc) is 2.93. The number of fused-ring (bicyclic) bond motifs is 1. The summed E-state index contributed by atoms with van der Waals surface area (Å²) in [5.41, 5.74) is 2.34. The molecule has 0 radical (unpaired) electrons. The molecule has 1 saturated heterocycles. The van der Waals surface area contributed by atoms with Crippen LogP contribution >= 0.6 is 11.6 Å². The number of carbonyl (C=O) groups excluding carboxylic acids is 1. The molecule has 2 heterocycles. The van der Waals surface area contributed by atoms with Crippen molar-refractivity contribution in [3.05, 3.63) is 33.8 Å². The van der Waals surface area contributed by atoms with E-state index >= 15 is 0 Å². The highest BCUT2D eigenvalue weighted by Crippen LogP contribution is 2.39. The Hall–Kier alpha value is -1.06. The Kier molecular flexibility index (Phi) is 1.60. The minimum absolute atomic E-state index is 0.114. The van der Waals surface area contributed by atoms with Crippen LogP contribution in [-0.2, 0) is 16.1 Å². The van der Waals surface area contributed by atoms with E-state index in [4.69, 9.17) is 21.1 Å². The summed E-state index contributed by atoms with van der Waals surface area (Å²) in [6.45, 7) is 1.00. The van der Waals surface area contributed by atoms with E-state index in [-0.39, 0.29) is 18.7 Å². The highest BCUT2D eigenvalue weighted by Gasteiger charge is 2.32. The number of hydrogen-bond acceptors (Lipinski definition) is 3. The Morgan fingerprint density at radius 2 is 2.21 bits per heavy atom. The summed E-state index contributed by atoms with van der Waals surface area (Å²) in [6.07, 6.45) is 0.114. The molecule has 0 bridgehead atoms. The molecule has 1 fully saturated rings. The van der Waals surface area contributed by atoms with Crippen LogP contribution in [0, 0.1) is 0 Å². The van der Waals surface area contributed by atoms with Crippen LogP contribution in [0.4, 0.5) is 0 Å². The maximum atomic E-state index is 11.2. The maximum absolute atomic E-state index is 11.2. The van der Waals surface area contributed by atoms with Crippen LogP contribution in [0.1, 0.15) is 27.6 Å². The molecule has 0 amide bonds. The monoisotopic (exact) mass is 210 g/mol. The molecule has 3 nitrogen and oxygen atoms in total. The van der Waals surface area contributed by atoms with Crippen molar-refractivity contribution >= 4 is 17.6 Å². The van der Waals surface area contributed by atoms with Crippen LogP contribution in [0.5, 0.6) is 0 Å². The molecule has 0 spiro atoms. The number of hydrogen-bond donors (Lipinski definition) is 0. The third-order valence-electron chi connectivity index (χ3n) is 2.52. The lowest BCUT2D eigenvalue weighted by atomic mass is 10.0. The molecule has 4 heteroatoms. The van der Waals surface area contributed by atoms with Gasteiger partial charge in [0, 0.05) is 11.1 Å². The molecular weight excluding hydrogens is 204 g/mol. The predicted octanol–water partition coefficient (Wildman–Crippen LogP) is 2.08. The molecular formula is C10H7ClO3. The summed E-state index contributed by atoms with van der Waals surface area (Å²) in [7, 11) is 0. The SMILES string of the molecule is O=C1OCc2c1ccc(C1CO1)c2Cl. The number of ether oxygens (including phenoxy) is 2. The van der Waals surface area contributed by atoms with Gasteiger partial charge in [-0.2, -0.15) is 0 Å². The molecule has 1 unspecified atom stereocenters. The molecule has 0 aliphatic carbocycles. The van der Waals surface area contributed by atoms with Gasteiger partial charge in [0.2, 0.25) is 0 Å². The number of epoxide rings is 1. The van der Waals surface area contributed by atoms with Gasteiger partial charge >= 0.3 is 5.97 Å². The van der Waals surface area contributed by atoms with Gasteiger partial charge in [-0.05, 0) is 6.07 Å². The molecule has 0 N–H and O–H groups in total. The second-order valence-corrected chi connectivity index (χ2v) is 3.77. The largest absolute Gasteiger partial charge is 0.457 e. The second kappa shape index (κ2) is 2.72. The van der Waals surface area contributed by atoms with E-state index < -0.39 is 0 Å². The number of carbonyl (C=O) groups is 1. The highest BCUT2D eigenvalue weighted by atomic mass is 35.5. The average molecular weight is 211 g/mol. The van der Waals surface area contributed by atoms with Crippen molar-refractivity contribution in [1.82, 2.24) is 0 Å². The van der Waals surface area contributed by atoms with Crippen molar-refractivity contribution in [3.8, 4) is 0 Å². The molecule has 1 aromatic rings. The lowest BCUT2D eigenvalue weighted by Gasteiger charge is -2.03. The summed E-state index contributed by atoms with van der Waals surface area (Å²) in [5, 5.41) is 0.621. The minimum Gasteiger partial charge on any atom is -0.457 e. The quantitative estimate of drug-likeness (QED) is 0.526. The lowest BCUT2D eigenvalue weighted by Crippen LogP contribution is -1.94. The van der Waals surface area contributed by atoms with Crippen LogP contribution in [0.2, 0.25) is 5.02 Å². The van der Waals surface area contributed by atoms with Gasteiger partial charge in [0.05, 0.1) is 17.2 Å². The van der Waals surface area contributed by atoms with E-state index in [1.165, 1.54) is 0 Å². The normalized spacial score (nSPS) is 23.2. The Labute approximate surface area is 85.6 Å². The van der Waals surface area contributed by atoms with Crippen molar-refractivity contribution in [1.29, 1.82) is 0 Å². The van der Waals surface area contributed by atoms with Crippen molar-refractivity contribution in [3.63, 3.8) is 0 Å². The summed E-state index contributed by atoms with van der Waals surface area (Å²) < 4.78 is 10.0. The molecule has 2 aliphatic rings. The zero-order valence-electron chi connectivity index (χ0n) is 7.25. The van der Waals surface area contributed by atoms with E-state index in [1.807, 2.05) is 6.07 Å². The molecule has 1 atom stereocenters. The summed E-state index contributed by atoms with van der Waals surface area (Å²) in [5.74, 6) is -0.287. The first-order valence-electron chi connectivity index (χ1n) is 4.37. The van der Waals surface area contributed by atoms with Gasteiger partial charge in [0.25, 0.3) is 0 Å². The number of cyclic esters (lactones) is 1. The molecule has 14 heavy (non-hydrogen) atoms. The molecule has 0 aromatic heterocycles. The van der Waals surface area contributed by atoms with E-state index in [0.29, 0.717) is 17.2 Å². The Morgan fingerprint density at radius 1 is 1.43 bits per heavy atom. The number of benzene rings is 1. The van der Waals surface area contributed by atoms with Crippen molar-refractivity contribution in [2.45, 2.75) is 12.7 Å². The Balaban J connectivity index is 2.16. The number of rotatable bonds is 1. The first kappa shape index (κ1) is 8.26. The summed E-state index contributed by atoms with van der Waals surface area (Å²) >= 11 is 6.14. The van der Waals surface area contributed by atoms with Crippen molar-refractivity contribution in [2.75, 3.05) is 6.61 Å². The highest BCUT2D eigenvalue weighted by molar-refractivity contribution is 6.32. The van der Waals surface area contributed by atoms with E-state index in [1.54, 1.807) is 6.07 Å². The summed E-state index contributed by atoms with van der Waals surface area (Å²) in [4.78, 5) is 11.2. The maximum Gasteiger partial charge on any atom is 0.338 e. The first-order chi connectivity index (χ1) is 6.77. The van der Waals surface area contributed by atoms with E-state index in [0.717, 1.165) is 11.1 Å². The Morgan fingerprint density at radius 3 is 2.93 bits per heavy atom. The molecule has 72 valence electrons. The van der Waals surface area contributed by atoms with Gasteiger partial charge < -0.3 is 9.47 Å². The molecule has 0 saturated carbocycles. The van der Waals surface area contributed by atoms with Crippen molar-refractivity contribution in [2.24, 2.45) is 0 Å². The van der Waals surface area contributed by atoms with Gasteiger partial charge in [-0.25, -0.2) is 4.79 Å². The number of halogens is 1. The molecule has 2 aliphatic heterocycles. The standard InChI is InChI=1S/C10H7ClO3/c11-9-6(8-4-13-8)2-1-5-7(9)3-14-10(5)12/h1-2,8H,3-4H2. The van der Waals surface area contributed by atoms with Gasteiger partial charge in [0.15, 0.2) is 0 Å². The van der Waals surface area contributed by atoms with Crippen molar-refractivity contribution < 1.29 is 14.3 Å². The smallest absolute Gasteiger partial charge is 0.338 e. The summed E-state index contributed by atoms with van der Waals surface area (Å²) in [6, 6.07) is 3.60. The minimum atomic E-state index is -0.287. The second-order valence-electron chi connectivity index (χ2n) is 3.39. The topological polar surface area (TPSA) is 38.8 Å². The van der Waals surface area contributed by atoms with Crippen LogP contribution in [0.3, 0.4) is 0 Å². The zero-order valence-corrected chi connectivity index (χ0v) is 8.00. The van der Waals surface area contributed by atoms with Gasteiger partial charge in [-0.3, -0.25) is 0 Å². The Bertz CT molecular complexity index is 424. The number of esters is 1. The molecule has 1 aromatic carbocycles.